The van der Waals surface area contributed by atoms with Crippen LogP contribution in [0, 0.1) is 12.7 Å². The van der Waals surface area contributed by atoms with Crippen molar-refractivity contribution in [3.05, 3.63) is 89.7 Å². The average Bonchev–Trinajstić information content (AvgIpc) is 2.75. The minimum absolute atomic E-state index is 0.180. The third kappa shape index (κ3) is 4.54. The van der Waals surface area contributed by atoms with Crippen molar-refractivity contribution in [2.24, 2.45) is 0 Å². The third-order valence-electron chi connectivity index (χ3n) is 5.55. The Morgan fingerprint density at radius 3 is 2.17 bits per heavy atom. The molecule has 1 fully saturated rings. The lowest BCUT2D eigenvalue weighted by Gasteiger charge is -2.36. The Balaban J connectivity index is 1.38. The monoisotopic (exact) mass is 388 g/mol. The fourth-order valence-corrected chi connectivity index (χ4v) is 3.90. The van der Waals surface area contributed by atoms with Crippen molar-refractivity contribution >= 4 is 11.5 Å². The summed E-state index contributed by atoms with van der Waals surface area (Å²) in [6.07, 6.45) is 0. The standard InChI is InChI=1S/C25H25FN2O/c1-19-17-22(20-7-10-23(26)11-8-20)9-12-24(19)28-15-13-27(14-16-28)18-25(29)21-5-3-2-4-6-21/h2-12,17H,13-16,18H2,1H3. The summed E-state index contributed by atoms with van der Waals surface area (Å²) in [7, 11) is 0. The van der Waals surface area contributed by atoms with E-state index >= 15 is 0 Å². The molecule has 0 N–H and O–H groups in total. The van der Waals surface area contributed by atoms with E-state index in [-0.39, 0.29) is 11.6 Å². The third-order valence-corrected chi connectivity index (χ3v) is 5.55. The van der Waals surface area contributed by atoms with Crippen LogP contribution in [0.2, 0.25) is 0 Å². The minimum Gasteiger partial charge on any atom is -0.369 e. The van der Waals surface area contributed by atoms with Crippen molar-refractivity contribution < 1.29 is 9.18 Å². The van der Waals surface area contributed by atoms with Crippen LogP contribution in [0.4, 0.5) is 10.1 Å². The number of Topliss-reactive ketones (excluding diaryl/α,β-unsaturated/α-hetero) is 1. The number of piperazine rings is 1. The maximum absolute atomic E-state index is 13.2. The number of carbonyl (C=O) groups is 1. The highest BCUT2D eigenvalue weighted by Crippen LogP contribution is 2.28. The smallest absolute Gasteiger partial charge is 0.176 e. The van der Waals surface area contributed by atoms with E-state index in [9.17, 15) is 9.18 Å². The summed E-state index contributed by atoms with van der Waals surface area (Å²) in [6, 6.07) is 22.5. The number of hydrogen-bond donors (Lipinski definition) is 0. The lowest BCUT2D eigenvalue weighted by Crippen LogP contribution is -2.48. The van der Waals surface area contributed by atoms with E-state index in [0.29, 0.717) is 6.54 Å². The molecule has 29 heavy (non-hydrogen) atoms. The average molecular weight is 388 g/mol. The molecule has 0 radical (unpaired) electrons. The zero-order valence-corrected chi connectivity index (χ0v) is 16.6. The topological polar surface area (TPSA) is 23.6 Å². The molecule has 1 saturated heterocycles. The van der Waals surface area contributed by atoms with E-state index in [1.54, 1.807) is 0 Å². The van der Waals surface area contributed by atoms with Gasteiger partial charge in [-0.1, -0.05) is 48.5 Å². The van der Waals surface area contributed by atoms with Gasteiger partial charge in [-0.3, -0.25) is 9.69 Å². The molecule has 0 atom stereocenters. The molecule has 1 heterocycles. The quantitative estimate of drug-likeness (QED) is 0.586. The van der Waals surface area contributed by atoms with Crippen molar-refractivity contribution in [3.63, 3.8) is 0 Å². The van der Waals surface area contributed by atoms with Crippen molar-refractivity contribution in [1.82, 2.24) is 4.90 Å². The molecule has 0 spiro atoms. The molecule has 0 unspecified atom stereocenters. The number of benzene rings is 3. The van der Waals surface area contributed by atoms with E-state index in [1.807, 2.05) is 42.5 Å². The maximum Gasteiger partial charge on any atom is 0.176 e. The van der Waals surface area contributed by atoms with Crippen LogP contribution >= 0.6 is 0 Å². The van der Waals surface area contributed by atoms with Gasteiger partial charge >= 0.3 is 0 Å². The maximum atomic E-state index is 13.2. The number of ketones is 1. The number of nitrogens with zero attached hydrogens (tertiary/aromatic N) is 2. The van der Waals surface area contributed by atoms with Crippen LogP contribution in [0.1, 0.15) is 15.9 Å². The van der Waals surface area contributed by atoms with E-state index in [2.05, 4.69) is 34.9 Å². The summed E-state index contributed by atoms with van der Waals surface area (Å²) in [4.78, 5) is 17.0. The van der Waals surface area contributed by atoms with Gasteiger partial charge < -0.3 is 4.90 Å². The van der Waals surface area contributed by atoms with Gasteiger partial charge in [0.05, 0.1) is 6.54 Å². The molecule has 0 bridgehead atoms. The van der Waals surface area contributed by atoms with E-state index in [0.717, 1.165) is 42.9 Å². The van der Waals surface area contributed by atoms with E-state index < -0.39 is 0 Å². The molecule has 1 aliphatic heterocycles. The number of aryl methyl sites for hydroxylation is 1. The number of hydrogen-bond acceptors (Lipinski definition) is 3. The zero-order valence-electron chi connectivity index (χ0n) is 16.6. The summed E-state index contributed by atoms with van der Waals surface area (Å²) in [5.74, 6) is -0.0374. The molecule has 3 aromatic carbocycles. The number of rotatable bonds is 5. The van der Waals surface area contributed by atoms with Crippen LogP contribution in [0.15, 0.2) is 72.8 Å². The summed E-state index contributed by atoms with van der Waals surface area (Å²) in [5, 5.41) is 0. The highest BCUT2D eigenvalue weighted by molar-refractivity contribution is 5.97. The Labute approximate surface area is 171 Å². The lowest BCUT2D eigenvalue weighted by molar-refractivity contribution is 0.0926. The number of halogens is 1. The van der Waals surface area contributed by atoms with Crippen LogP contribution in [0.5, 0.6) is 0 Å². The first kappa shape index (κ1) is 19.3. The van der Waals surface area contributed by atoms with Gasteiger partial charge in [0.1, 0.15) is 5.82 Å². The van der Waals surface area contributed by atoms with Crippen LogP contribution in [-0.4, -0.2) is 43.4 Å². The van der Waals surface area contributed by atoms with Gasteiger partial charge in [0, 0.05) is 37.4 Å². The highest BCUT2D eigenvalue weighted by atomic mass is 19.1. The number of anilines is 1. The number of carbonyl (C=O) groups excluding carboxylic acids is 1. The van der Waals surface area contributed by atoms with Crippen molar-refractivity contribution in [1.29, 1.82) is 0 Å². The van der Waals surface area contributed by atoms with E-state index in [1.165, 1.54) is 23.4 Å². The largest absolute Gasteiger partial charge is 0.369 e. The summed E-state index contributed by atoms with van der Waals surface area (Å²) < 4.78 is 13.2. The first-order valence-electron chi connectivity index (χ1n) is 10.0. The Bertz CT molecular complexity index is 977. The Morgan fingerprint density at radius 2 is 1.52 bits per heavy atom. The van der Waals surface area contributed by atoms with Crippen LogP contribution in [0.3, 0.4) is 0 Å². The van der Waals surface area contributed by atoms with Crippen LogP contribution in [-0.2, 0) is 0 Å². The zero-order chi connectivity index (χ0) is 20.2. The van der Waals surface area contributed by atoms with Gasteiger partial charge in [0.25, 0.3) is 0 Å². The van der Waals surface area contributed by atoms with Crippen molar-refractivity contribution in [2.75, 3.05) is 37.6 Å². The molecule has 0 amide bonds. The second-order valence-corrected chi connectivity index (χ2v) is 7.56. The van der Waals surface area contributed by atoms with E-state index in [4.69, 9.17) is 0 Å². The van der Waals surface area contributed by atoms with Crippen molar-refractivity contribution in [2.45, 2.75) is 6.92 Å². The van der Waals surface area contributed by atoms with Crippen LogP contribution < -0.4 is 4.90 Å². The predicted octanol–water partition coefficient (Wildman–Crippen LogP) is 4.81. The summed E-state index contributed by atoms with van der Waals surface area (Å²) in [5.41, 5.74) is 5.33. The molecule has 4 rings (SSSR count). The molecular weight excluding hydrogens is 363 g/mol. The highest BCUT2D eigenvalue weighted by Gasteiger charge is 2.20. The molecule has 0 aromatic heterocycles. The predicted molar refractivity (Wildman–Crippen MR) is 116 cm³/mol. The van der Waals surface area contributed by atoms with Gasteiger partial charge in [-0.25, -0.2) is 4.39 Å². The SMILES string of the molecule is Cc1cc(-c2ccc(F)cc2)ccc1N1CCN(CC(=O)c2ccccc2)CC1. The minimum atomic E-state index is -0.217. The molecule has 148 valence electrons. The molecule has 4 heteroatoms. The second-order valence-electron chi connectivity index (χ2n) is 7.56. The lowest BCUT2D eigenvalue weighted by atomic mass is 10.0. The molecule has 0 aliphatic carbocycles. The van der Waals surface area contributed by atoms with Gasteiger partial charge in [-0.05, 0) is 47.9 Å². The molecular formula is C25H25FN2O. The van der Waals surface area contributed by atoms with Gasteiger partial charge in [-0.2, -0.15) is 0 Å². The first-order chi connectivity index (χ1) is 14.1. The van der Waals surface area contributed by atoms with Gasteiger partial charge in [-0.15, -0.1) is 0 Å². The van der Waals surface area contributed by atoms with Crippen molar-refractivity contribution in [3.8, 4) is 11.1 Å². The second kappa shape index (κ2) is 8.58. The fraction of sp³-hybridized carbons (Fsp3) is 0.240. The fourth-order valence-electron chi connectivity index (χ4n) is 3.90. The van der Waals surface area contributed by atoms with Crippen LogP contribution in [0.25, 0.3) is 11.1 Å². The summed E-state index contributed by atoms with van der Waals surface area (Å²) >= 11 is 0. The Kier molecular flexibility index (Phi) is 5.72. The Morgan fingerprint density at radius 1 is 0.862 bits per heavy atom. The first-order valence-corrected chi connectivity index (χ1v) is 10.0. The molecule has 3 aromatic rings. The van der Waals surface area contributed by atoms with Gasteiger partial charge in [0.2, 0.25) is 0 Å². The molecule has 3 nitrogen and oxygen atoms in total. The Hall–Kier alpha value is -2.98. The normalized spacial score (nSPS) is 14.8. The van der Waals surface area contributed by atoms with Gasteiger partial charge in [0.15, 0.2) is 5.78 Å². The summed E-state index contributed by atoms with van der Waals surface area (Å²) in [6.45, 7) is 6.14. The molecule has 1 aliphatic rings. The molecule has 0 saturated carbocycles.